The summed E-state index contributed by atoms with van der Waals surface area (Å²) in [4.78, 5) is 9.22. The summed E-state index contributed by atoms with van der Waals surface area (Å²) in [6.07, 6.45) is 0. The number of nitriles is 2. The van der Waals surface area contributed by atoms with Crippen molar-refractivity contribution in [1.29, 1.82) is 10.5 Å². The zero-order valence-electron chi connectivity index (χ0n) is 10.4. The van der Waals surface area contributed by atoms with Crippen molar-refractivity contribution in [1.82, 2.24) is 0 Å². The van der Waals surface area contributed by atoms with Crippen molar-refractivity contribution in [3.63, 3.8) is 0 Å². The van der Waals surface area contributed by atoms with Gasteiger partial charge in [-0.05, 0) is 72.9 Å². The molecule has 0 aliphatic carbocycles. The molecule has 4 nitrogen and oxygen atoms in total. The Morgan fingerprint density at radius 1 is 0.850 bits per heavy atom. The van der Waals surface area contributed by atoms with Crippen molar-refractivity contribution in [2.24, 2.45) is 9.98 Å². The van der Waals surface area contributed by atoms with E-state index in [-0.39, 0.29) is 0 Å². The number of hydrogen-bond donors (Lipinski definition) is 0. The van der Waals surface area contributed by atoms with Crippen molar-refractivity contribution in [3.05, 3.63) is 11.1 Å². The van der Waals surface area contributed by atoms with Crippen LogP contribution in [0.5, 0.6) is 0 Å². The maximum absolute atomic E-state index is 8.92. The first-order valence-electron chi connectivity index (χ1n) is 5.07. The van der Waals surface area contributed by atoms with Gasteiger partial charge in [0.2, 0.25) is 0 Å². The Labute approximate surface area is 135 Å². The molecule has 0 bridgehead atoms. The minimum absolute atomic E-state index is 0.393. The van der Waals surface area contributed by atoms with E-state index in [1.54, 1.807) is 0 Å². The van der Waals surface area contributed by atoms with Gasteiger partial charge < -0.3 is 0 Å². The molecule has 0 spiro atoms. The van der Waals surface area contributed by atoms with Crippen LogP contribution < -0.4 is 0 Å². The summed E-state index contributed by atoms with van der Waals surface area (Å²) < 4.78 is 0. The number of thiocyanates is 2. The molecule has 0 atom stereocenters. The van der Waals surface area contributed by atoms with Gasteiger partial charge in [-0.25, -0.2) is 0 Å². The van der Waals surface area contributed by atoms with Gasteiger partial charge >= 0.3 is 0 Å². The third kappa shape index (κ3) is 3.33. The second-order valence-electron chi connectivity index (χ2n) is 3.40. The molecule has 20 heavy (non-hydrogen) atoms. The summed E-state index contributed by atoms with van der Waals surface area (Å²) >= 11 is 11.2. The SMILES string of the molecule is Cc1c(C)c(SC#N)c(N=C=S)c(N=C=S)c1SC#N. The van der Waals surface area contributed by atoms with Gasteiger partial charge in [-0.2, -0.15) is 20.5 Å². The van der Waals surface area contributed by atoms with Gasteiger partial charge in [0, 0.05) is 0 Å². The molecule has 0 N–H and O–H groups in total. The van der Waals surface area contributed by atoms with E-state index in [0.717, 1.165) is 34.7 Å². The predicted molar refractivity (Wildman–Crippen MR) is 88.2 cm³/mol. The van der Waals surface area contributed by atoms with Gasteiger partial charge in [0.15, 0.2) is 0 Å². The lowest BCUT2D eigenvalue weighted by atomic mass is 10.1. The summed E-state index contributed by atoms with van der Waals surface area (Å²) in [5.74, 6) is 0. The average molecular weight is 334 g/mol. The Bertz CT molecular complexity index is 667. The third-order valence-electron chi connectivity index (χ3n) is 2.51. The lowest BCUT2D eigenvalue weighted by Crippen LogP contribution is -1.91. The standard InChI is InChI=1S/C12H6N4S4/c1-7-8(2)12(20-4-14)10(16-6-18)9(15-5-17)11(7)19-3-13/h1-2H3. The van der Waals surface area contributed by atoms with Crippen LogP contribution in [-0.4, -0.2) is 10.3 Å². The zero-order valence-corrected chi connectivity index (χ0v) is 13.7. The molecule has 0 fully saturated rings. The fraction of sp³-hybridized carbons (Fsp3) is 0.167. The fourth-order valence-corrected chi connectivity index (χ4v) is 3.01. The Morgan fingerprint density at radius 2 is 1.20 bits per heavy atom. The Morgan fingerprint density at radius 3 is 1.45 bits per heavy atom. The summed E-state index contributed by atoms with van der Waals surface area (Å²) in [7, 11) is 0. The predicted octanol–water partition coefficient (Wildman–Crippen LogP) is 4.92. The summed E-state index contributed by atoms with van der Waals surface area (Å²) in [5.41, 5.74) is 2.48. The minimum atomic E-state index is 0.393. The van der Waals surface area contributed by atoms with Gasteiger partial charge in [0.05, 0.1) is 20.1 Å². The van der Waals surface area contributed by atoms with Gasteiger partial charge in [0.1, 0.15) is 22.2 Å². The second kappa shape index (κ2) is 7.94. The molecular weight excluding hydrogens is 328 g/mol. The summed E-state index contributed by atoms with van der Waals surface area (Å²) in [6.45, 7) is 3.70. The quantitative estimate of drug-likeness (QED) is 0.337. The molecule has 0 unspecified atom stereocenters. The van der Waals surface area contributed by atoms with E-state index in [9.17, 15) is 0 Å². The van der Waals surface area contributed by atoms with Crippen LogP contribution in [0, 0.1) is 35.2 Å². The van der Waals surface area contributed by atoms with E-state index in [1.807, 2.05) is 24.6 Å². The molecule has 8 heteroatoms. The molecule has 1 rings (SSSR count). The highest BCUT2D eigenvalue weighted by atomic mass is 32.2. The van der Waals surface area contributed by atoms with Crippen molar-refractivity contribution >= 4 is 69.7 Å². The molecule has 0 aliphatic rings. The molecular formula is C12H6N4S4. The van der Waals surface area contributed by atoms with Crippen molar-refractivity contribution in [3.8, 4) is 10.8 Å². The average Bonchev–Trinajstić information content (AvgIpc) is 2.44. The van der Waals surface area contributed by atoms with Gasteiger partial charge in [0.25, 0.3) is 0 Å². The third-order valence-corrected chi connectivity index (χ3v) is 4.28. The lowest BCUT2D eigenvalue weighted by molar-refractivity contribution is 1.14. The van der Waals surface area contributed by atoms with Crippen LogP contribution in [0.2, 0.25) is 0 Å². The van der Waals surface area contributed by atoms with Crippen LogP contribution in [0.1, 0.15) is 11.1 Å². The molecule has 0 radical (unpaired) electrons. The van der Waals surface area contributed by atoms with E-state index in [1.165, 1.54) is 0 Å². The lowest BCUT2D eigenvalue weighted by Gasteiger charge is -2.14. The first-order valence-corrected chi connectivity index (χ1v) is 7.52. The maximum atomic E-state index is 8.92. The smallest absolute Gasteiger partial charge is 0.138 e. The molecule has 1 aromatic carbocycles. The normalized spacial score (nSPS) is 8.80. The van der Waals surface area contributed by atoms with E-state index in [4.69, 9.17) is 10.5 Å². The van der Waals surface area contributed by atoms with E-state index < -0.39 is 0 Å². The molecule has 0 heterocycles. The second-order valence-corrected chi connectivity index (χ2v) is 5.35. The Hall–Kier alpha value is -1.50. The zero-order chi connectivity index (χ0) is 15.1. The van der Waals surface area contributed by atoms with Crippen molar-refractivity contribution in [2.75, 3.05) is 0 Å². The van der Waals surface area contributed by atoms with Crippen LogP contribution in [0.4, 0.5) is 11.4 Å². The molecule has 98 valence electrons. The van der Waals surface area contributed by atoms with Crippen LogP contribution in [0.3, 0.4) is 0 Å². The van der Waals surface area contributed by atoms with Gasteiger partial charge in [-0.3, -0.25) is 0 Å². The number of benzene rings is 1. The first kappa shape index (κ1) is 16.6. The number of rotatable bonds is 4. The molecule has 0 saturated carbocycles. The van der Waals surface area contributed by atoms with Crippen LogP contribution >= 0.6 is 48.0 Å². The number of isothiocyanates is 2. The monoisotopic (exact) mass is 334 g/mol. The van der Waals surface area contributed by atoms with Crippen molar-refractivity contribution < 1.29 is 0 Å². The van der Waals surface area contributed by atoms with E-state index in [0.29, 0.717) is 21.2 Å². The molecule has 0 amide bonds. The molecule has 0 saturated heterocycles. The number of thioether (sulfide) groups is 2. The molecule has 0 aromatic heterocycles. The minimum Gasteiger partial charge on any atom is -0.191 e. The highest BCUT2D eigenvalue weighted by Crippen LogP contribution is 2.47. The first-order chi connectivity index (χ1) is 9.62. The van der Waals surface area contributed by atoms with Crippen LogP contribution in [0.25, 0.3) is 0 Å². The largest absolute Gasteiger partial charge is 0.191 e. The Kier molecular flexibility index (Phi) is 6.57. The molecule has 0 aliphatic heterocycles. The number of aliphatic imine (C=N–C) groups is 2. The van der Waals surface area contributed by atoms with Crippen LogP contribution in [-0.2, 0) is 0 Å². The maximum Gasteiger partial charge on any atom is 0.138 e. The van der Waals surface area contributed by atoms with E-state index in [2.05, 4.69) is 44.7 Å². The van der Waals surface area contributed by atoms with Crippen molar-refractivity contribution in [2.45, 2.75) is 23.6 Å². The fourth-order valence-electron chi connectivity index (χ4n) is 1.55. The highest BCUT2D eigenvalue weighted by Gasteiger charge is 2.20. The number of hydrogen-bond acceptors (Lipinski definition) is 8. The summed E-state index contributed by atoms with van der Waals surface area (Å²) in [5, 5.41) is 26.4. The Balaban J connectivity index is 3.92. The topological polar surface area (TPSA) is 72.3 Å². The van der Waals surface area contributed by atoms with E-state index >= 15 is 0 Å². The number of nitrogens with zero attached hydrogens (tertiary/aromatic N) is 4. The molecule has 1 aromatic rings. The van der Waals surface area contributed by atoms with Crippen LogP contribution in [0.15, 0.2) is 19.8 Å². The van der Waals surface area contributed by atoms with Gasteiger partial charge in [-0.1, -0.05) is 0 Å². The summed E-state index contributed by atoms with van der Waals surface area (Å²) in [6, 6.07) is 0. The number of thiocarbonyl (C=S) groups is 2. The highest BCUT2D eigenvalue weighted by molar-refractivity contribution is 8.04. The van der Waals surface area contributed by atoms with Gasteiger partial charge in [-0.15, -0.1) is 0 Å².